The fourth-order valence-electron chi connectivity index (χ4n) is 2.68. The van der Waals surface area contributed by atoms with E-state index in [9.17, 15) is 8.42 Å². The van der Waals surface area contributed by atoms with Crippen molar-refractivity contribution in [2.24, 2.45) is 0 Å². The van der Waals surface area contributed by atoms with Crippen LogP contribution >= 0.6 is 11.8 Å². The van der Waals surface area contributed by atoms with Gasteiger partial charge in [0, 0.05) is 54.8 Å². The molecule has 1 aliphatic heterocycles. The predicted octanol–water partition coefficient (Wildman–Crippen LogP) is 1.64. The summed E-state index contributed by atoms with van der Waals surface area (Å²) in [7, 11) is -3.12. The van der Waals surface area contributed by atoms with E-state index in [0.29, 0.717) is 26.2 Å². The van der Waals surface area contributed by atoms with Gasteiger partial charge in [-0.25, -0.2) is 12.7 Å². The first-order chi connectivity index (χ1) is 10.7. The van der Waals surface area contributed by atoms with Gasteiger partial charge < -0.3 is 10.3 Å². The second-order valence-corrected chi connectivity index (χ2v) is 8.67. The van der Waals surface area contributed by atoms with E-state index < -0.39 is 10.0 Å². The molecular weight excluding hydrogens is 318 g/mol. The second-order valence-electron chi connectivity index (χ2n) is 5.36. The lowest BCUT2D eigenvalue weighted by molar-refractivity contribution is 0.442. The third-order valence-corrected chi connectivity index (χ3v) is 6.72. The van der Waals surface area contributed by atoms with Crippen LogP contribution in [0.15, 0.2) is 30.5 Å². The second kappa shape index (κ2) is 7.04. The van der Waals surface area contributed by atoms with E-state index in [4.69, 9.17) is 0 Å². The van der Waals surface area contributed by atoms with Crippen molar-refractivity contribution in [3.8, 4) is 0 Å². The predicted molar refractivity (Wildman–Crippen MR) is 92.7 cm³/mol. The van der Waals surface area contributed by atoms with E-state index in [1.165, 1.54) is 10.9 Å². The van der Waals surface area contributed by atoms with Crippen LogP contribution in [0.2, 0.25) is 0 Å². The van der Waals surface area contributed by atoms with Crippen LogP contribution < -0.4 is 5.32 Å². The van der Waals surface area contributed by atoms with Gasteiger partial charge in [0.05, 0.1) is 5.75 Å². The van der Waals surface area contributed by atoms with Crippen molar-refractivity contribution in [3.63, 3.8) is 0 Å². The largest absolute Gasteiger partial charge is 0.361 e. The molecule has 0 amide bonds. The fraction of sp³-hybridized carbons (Fsp3) is 0.467. The molecule has 1 aromatic heterocycles. The topological polar surface area (TPSA) is 65.2 Å². The normalized spacial score (nSPS) is 17.1. The molecule has 0 atom stereocenters. The Hall–Kier alpha value is -1.02. The van der Waals surface area contributed by atoms with Crippen LogP contribution in [-0.2, 0) is 16.6 Å². The first-order valence-electron chi connectivity index (χ1n) is 7.48. The highest BCUT2D eigenvalue weighted by Gasteiger charge is 2.23. The maximum absolute atomic E-state index is 12.2. The zero-order chi connectivity index (χ0) is 15.4. The molecule has 120 valence electrons. The number of fused-ring (bicyclic) bond motifs is 1. The summed E-state index contributed by atoms with van der Waals surface area (Å²) < 4.78 is 26.1. The van der Waals surface area contributed by atoms with Crippen molar-refractivity contribution >= 4 is 32.7 Å². The Kier molecular flexibility index (Phi) is 5.07. The number of rotatable bonds is 6. The van der Waals surface area contributed by atoms with Crippen LogP contribution in [0, 0.1) is 0 Å². The first kappa shape index (κ1) is 15.9. The van der Waals surface area contributed by atoms with Gasteiger partial charge >= 0.3 is 0 Å². The van der Waals surface area contributed by atoms with Crippen LogP contribution in [0.3, 0.4) is 0 Å². The molecule has 1 fully saturated rings. The average molecular weight is 339 g/mol. The van der Waals surface area contributed by atoms with E-state index >= 15 is 0 Å². The van der Waals surface area contributed by atoms with Crippen molar-refractivity contribution in [1.82, 2.24) is 14.6 Å². The number of thioether (sulfide) groups is 1. The van der Waals surface area contributed by atoms with Gasteiger partial charge in [0.1, 0.15) is 0 Å². The lowest BCUT2D eigenvalue weighted by atomic mass is 10.1. The van der Waals surface area contributed by atoms with Gasteiger partial charge in [-0.05, 0) is 17.7 Å². The fourth-order valence-corrected chi connectivity index (χ4v) is 5.22. The van der Waals surface area contributed by atoms with Crippen molar-refractivity contribution < 1.29 is 8.42 Å². The Morgan fingerprint density at radius 3 is 2.86 bits per heavy atom. The number of nitrogens with zero attached hydrogens (tertiary/aromatic N) is 1. The first-order valence-corrected chi connectivity index (χ1v) is 10.2. The van der Waals surface area contributed by atoms with E-state index in [1.54, 1.807) is 4.31 Å². The molecule has 1 aliphatic rings. The molecular formula is C15H21N3O2S2. The van der Waals surface area contributed by atoms with Crippen molar-refractivity contribution in [2.75, 3.05) is 36.9 Å². The van der Waals surface area contributed by atoms with E-state index in [2.05, 4.69) is 22.4 Å². The summed E-state index contributed by atoms with van der Waals surface area (Å²) in [6.45, 7) is 2.46. The minimum atomic E-state index is -3.12. The summed E-state index contributed by atoms with van der Waals surface area (Å²) in [5, 5.41) is 4.44. The van der Waals surface area contributed by atoms with Gasteiger partial charge in [0.15, 0.2) is 0 Å². The van der Waals surface area contributed by atoms with Crippen LogP contribution in [-0.4, -0.2) is 54.6 Å². The molecule has 2 N–H and O–H groups in total. The summed E-state index contributed by atoms with van der Waals surface area (Å²) in [4.78, 5) is 3.19. The van der Waals surface area contributed by atoms with Gasteiger partial charge in [0.25, 0.3) is 0 Å². The summed E-state index contributed by atoms with van der Waals surface area (Å²) >= 11 is 1.82. The highest BCUT2D eigenvalue weighted by Crippen LogP contribution is 2.17. The summed E-state index contributed by atoms with van der Waals surface area (Å²) in [5.74, 6) is 1.98. The number of aromatic amines is 1. The van der Waals surface area contributed by atoms with Crippen LogP contribution in [0.1, 0.15) is 5.56 Å². The number of nitrogens with one attached hydrogen (secondary N) is 2. The highest BCUT2D eigenvalue weighted by molar-refractivity contribution is 7.99. The molecule has 0 saturated carbocycles. The molecule has 0 spiro atoms. The number of sulfonamides is 1. The molecule has 0 aliphatic carbocycles. The summed E-state index contributed by atoms with van der Waals surface area (Å²) in [5.41, 5.74) is 2.29. The molecule has 22 heavy (non-hydrogen) atoms. The van der Waals surface area contributed by atoms with E-state index in [-0.39, 0.29) is 5.75 Å². The van der Waals surface area contributed by atoms with Crippen molar-refractivity contribution in [1.29, 1.82) is 0 Å². The smallest absolute Gasteiger partial charge is 0.215 e. The van der Waals surface area contributed by atoms with Crippen molar-refractivity contribution in [3.05, 3.63) is 36.0 Å². The number of aromatic nitrogens is 1. The van der Waals surface area contributed by atoms with E-state index in [1.807, 2.05) is 30.1 Å². The number of benzene rings is 1. The van der Waals surface area contributed by atoms with Crippen LogP contribution in [0.5, 0.6) is 0 Å². The summed E-state index contributed by atoms with van der Waals surface area (Å²) in [6.07, 6.45) is 1.92. The highest BCUT2D eigenvalue weighted by atomic mass is 32.2. The SMILES string of the molecule is O=S(=O)(CCNCc1cccc2[nH]ccc12)N1CCSCC1. The Labute approximate surface area is 135 Å². The molecule has 2 heterocycles. The molecule has 5 nitrogen and oxygen atoms in total. The van der Waals surface area contributed by atoms with Crippen molar-refractivity contribution in [2.45, 2.75) is 6.54 Å². The minimum Gasteiger partial charge on any atom is -0.361 e. The standard InChI is InChI=1S/C15H21N3O2S2/c19-22(20,18-7-9-21-10-8-18)11-6-16-12-13-2-1-3-15-14(13)4-5-17-15/h1-5,16-17H,6-12H2. The molecule has 2 aromatic rings. The molecule has 3 rings (SSSR count). The molecule has 1 aromatic carbocycles. The Morgan fingerprint density at radius 2 is 2.05 bits per heavy atom. The third kappa shape index (κ3) is 3.65. The third-order valence-electron chi connectivity index (χ3n) is 3.90. The zero-order valence-corrected chi connectivity index (χ0v) is 14.0. The quantitative estimate of drug-likeness (QED) is 0.785. The van der Waals surface area contributed by atoms with Gasteiger partial charge in [0.2, 0.25) is 10.0 Å². The molecule has 1 saturated heterocycles. The van der Waals surface area contributed by atoms with Crippen LogP contribution in [0.4, 0.5) is 0 Å². The lowest BCUT2D eigenvalue weighted by Crippen LogP contribution is -2.41. The summed E-state index contributed by atoms with van der Waals surface area (Å²) in [6, 6.07) is 8.17. The number of H-pyrrole nitrogens is 1. The van der Waals surface area contributed by atoms with E-state index in [0.717, 1.165) is 17.0 Å². The lowest BCUT2D eigenvalue weighted by Gasteiger charge is -2.25. The van der Waals surface area contributed by atoms with Gasteiger partial charge in [-0.15, -0.1) is 0 Å². The Morgan fingerprint density at radius 1 is 1.23 bits per heavy atom. The molecule has 0 bridgehead atoms. The van der Waals surface area contributed by atoms with Gasteiger partial charge in [-0.3, -0.25) is 0 Å². The Bertz CT molecular complexity index is 721. The van der Waals surface area contributed by atoms with Gasteiger partial charge in [-0.2, -0.15) is 11.8 Å². The average Bonchev–Trinajstić information content (AvgIpc) is 3.02. The number of hydrogen-bond donors (Lipinski definition) is 2. The monoisotopic (exact) mass is 339 g/mol. The van der Waals surface area contributed by atoms with Crippen LogP contribution in [0.25, 0.3) is 10.9 Å². The van der Waals surface area contributed by atoms with Gasteiger partial charge in [-0.1, -0.05) is 12.1 Å². The molecule has 0 radical (unpaired) electrons. The molecule has 7 heteroatoms. The Balaban J connectivity index is 1.52. The maximum Gasteiger partial charge on any atom is 0.215 e. The number of hydrogen-bond acceptors (Lipinski definition) is 4. The zero-order valence-electron chi connectivity index (χ0n) is 12.4. The molecule has 0 unspecified atom stereocenters. The minimum absolute atomic E-state index is 0.167. The maximum atomic E-state index is 12.2.